The highest BCUT2D eigenvalue weighted by molar-refractivity contribution is 5.93. The van der Waals surface area contributed by atoms with Crippen molar-refractivity contribution in [3.8, 4) is 0 Å². The number of fused-ring (bicyclic) bond motifs is 1. The van der Waals surface area contributed by atoms with Crippen LogP contribution in [-0.4, -0.2) is 46.9 Å². The third-order valence-corrected chi connectivity index (χ3v) is 5.70. The summed E-state index contributed by atoms with van der Waals surface area (Å²) in [5.74, 6) is 1.20. The first-order valence-corrected chi connectivity index (χ1v) is 9.63. The monoisotopic (exact) mass is 365 g/mol. The Labute approximate surface area is 159 Å². The van der Waals surface area contributed by atoms with Gasteiger partial charge in [0, 0.05) is 42.8 Å². The normalized spacial score (nSPS) is 15.6. The van der Waals surface area contributed by atoms with Gasteiger partial charge in [0.1, 0.15) is 5.76 Å². The fraction of sp³-hybridized carbons (Fsp3) is 0.409. The lowest BCUT2D eigenvalue weighted by Gasteiger charge is -2.34. The summed E-state index contributed by atoms with van der Waals surface area (Å²) in [5, 5.41) is 1.22. The molecule has 4 rings (SSSR count). The van der Waals surface area contributed by atoms with Crippen molar-refractivity contribution in [2.45, 2.75) is 33.7 Å². The van der Waals surface area contributed by atoms with Crippen LogP contribution in [0.15, 0.2) is 34.9 Å². The van der Waals surface area contributed by atoms with E-state index in [1.807, 2.05) is 17.0 Å². The summed E-state index contributed by atoms with van der Waals surface area (Å²) in [6, 6.07) is 8.20. The zero-order valence-electron chi connectivity index (χ0n) is 16.3. The van der Waals surface area contributed by atoms with E-state index >= 15 is 0 Å². The highest BCUT2D eigenvalue weighted by Crippen LogP contribution is 2.28. The van der Waals surface area contributed by atoms with Gasteiger partial charge in [0.2, 0.25) is 5.91 Å². The Morgan fingerprint density at radius 1 is 1.07 bits per heavy atom. The van der Waals surface area contributed by atoms with Crippen molar-refractivity contribution in [1.29, 1.82) is 0 Å². The first kappa shape index (κ1) is 17.9. The predicted molar refractivity (Wildman–Crippen MR) is 107 cm³/mol. The third kappa shape index (κ3) is 3.52. The fourth-order valence-electron chi connectivity index (χ4n) is 4.07. The molecule has 0 radical (unpaired) electrons. The number of hydrogen-bond acceptors (Lipinski definition) is 3. The lowest BCUT2D eigenvalue weighted by atomic mass is 10.0. The molecule has 1 fully saturated rings. The van der Waals surface area contributed by atoms with E-state index in [1.54, 1.807) is 6.26 Å². The molecule has 1 aliphatic rings. The maximum Gasteiger partial charge on any atom is 0.227 e. The predicted octanol–water partition coefficient (Wildman–Crippen LogP) is 3.57. The first-order valence-electron chi connectivity index (χ1n) is 9.63. The van der Waals surface area contributed by atoms with Gasteiger partial charge in [-0.2, -0.15) is 0 Å². The lowest BCUT2D eigenvalue weighted by Crippen LogP contribution is -2.48. The molecule has 0 saturated carbocycles. The molecule has 5 heteroatoms. The number of aryl methyl sites for hydroxylation is 3. The summed E-state index contributed by atoms with van der Waals surface area (Å²) in [6.07, 6.45) is 2.18. The summed E-state index contributed by atoms with van der Waals surface area (Å²) in [5.41, 5.74) is 5.87. The second-order valence-corrected chi connectivity index (χ2v) is 7.59. The van der Waals surface area contributed by atoms with Gasteiger partial charge < -0.3 is 14.3 Å². The SMILES string of the molecule is Cc1[nH]c2c(C)ccc(C)c2c1CC(=O)N1CCN(Cc2ccco2)CC1. The van der Waals surface area contributed by atoms with E-state index in [-0.39, 0.29) is 5.91 Å². The zero-order chi connectivity index (χ0) is 19.0. The maximum atomic E-state index is 13.0. The molecule has 1 aromatic carbocycles. The number of H-pyrrole nitrogens is 1. The van der Waals surface area contributed by atoms with Crippen LogP contribution in [0.5, 0.6) is 0 Å². The second-order valence-electron chi connectivity index (χ2n) is 7.59. The van der Waals surface area contributed by atoms with Gasteiger partial charge in [-0.15, -0.1) is 0 Å². The number of carbonyl (C=O) groups is 1. The van der Waals surface area contributed by atoms with E-state index in [2.05, 4.69) is 42.8 Å². The Morgan fingerprint density at radius 2 is 1.81 bits per heavy atom. The van der Waals surface area contributed by atoms with Crippen LogP contribution in [0.2, 0.25) is 0 Å². The van der Waals surface area contributed by atoms with Crippen molar-refractivity contribution < 1.29 is 9.21 Å². The molecule has 0 atom stereocenters. The molecule has 2 aromatic heterocycles. The van der Waals surface area contributed by atoms with E-state index in [0.29, 0.717) is 6.42 Å². The van der Waals surface area contributed by atoms with Gasteiger partial charge in [-0.3, -0.25) is 9.69 Å². The number of carbonyl (C=O) groups excluding carboxylic acids is 1. The van der Waals surface area contributed by atoms with E-state index < -0.39 is 0 Å². The molecule has 0 bridgehead atoms. The topological polar surface area (TPSA) is 52.5 Å². The summed E-state index contributed by atoms with van der Waals surface area (Å²) in [7, 11) is 0. The lowest BCUT2D eigenvalue weighted by molar-refractivity contribution is -0.132. The van der Waals surface area contributed by atoms with Crippen molar-refractivity contribution in [2.24, 2.45) is 0 Å². The summed E-state index contributed by atoms with van der Waals surface area (Å²) in [4.78, 5) is 20.8. The average Bonchev–Trinajstić information content (AvgIpc) is 3.28. The van der Waals surface area contributed by atoms with Crippen molar-refractivity contribution in [2.75, 3.05) is 26.2 Å². The quantitative estimate of drug-likeness (QED) is 0.769. The molecule has 1 amide bonds. The Balaban J connectivity index is 1.44. The number of furan rings is 1. The van der Waals surface area contributed by atoms with Gasteiger partial charge >= 0.3 is 0 Å². The molecule has 3 aromatic rings. The smallest absolute Gasteiger partial charge is 0.227 e. The van der Waals surface area contributed by atoms with Crippen molar-refractivity contribution in [1.82, 2.24) is 14.8 Å². The summed E-state index contributed by atoms with van der Waals surface area (Å²) >= 11 is 0. The standard InChI is InChI=1S/C22H27N3O2/c1-15-6-7-16(2)22-21(15)19(17(3)23-22)13-20(26)25-10-8-24(9-11-25)14-18-5-4-12-27-18/h4-7,12,23H,8-11,13-14H2,1-3H3. The fourth-order valence-corrected chi connectivity index (χ4v) is 4.07. The largest absolute Gasteiger partial charge is 0.468 e. The molecule has 1 saturated heterocycles. The van der Waals surface area contributed by atoms with Gasteiger partial charge in [0.15, 0.2) is 0 Å². The van der Waals surface area contributed by atoms with Crippen LogP contribution in [0.25, 0.3) is 10.9 Å². The number of nitrogens with zero attached hydrogens (tertiary/aromatic N) is 2. The molecule has 1 aliphatic heterocycles. The second kappa shape index (κ2) is 7.24. The van der Waals surface area contributed by atoms with Crippen LogP contribution >= 0.6 is 0 Å². The van der Waals surface area contributed by atoms with E-state index in [0.717, 1.165) is 49.7 Å². The number of aromatic amines is 1. The van der Waals surface area contributed by atoms with Crippen LogP contribution < -0.4 is 0 Å². The van der Waals surface area contributed by atoms with Crippen molar-refractivity contribution in [3.05, 3.63) is 58.7 Å². The van der Waals surface area contributed by atoms with Crippen LogP contribution in [0.4, 0.5) is 0 Å². The van der Waals surface area contributed by atoms with Gasteiger partial charge in [-0.05, 0) is 49.6 Å². The highest BCUT2D eigenvalue weighted by atomic mass is 16.3. The first-order chi connectivity index (χ1) is 13.0. The zero-order valence-corrected chi connectivity index (χ0v) is 16.3. The van der Waals surface area contributed by atoms with Gasteiger partial charge in [0.25, 0.3) is 0 Å². The van der Waals surface area contributed by atoms with Crippen molar-refractivity contribution >= 4 is 16.8 Å². The Kier molecular flexibility index (Phi) is 4.79. The third-order valence-electron chi connectivity index (χ3n) is 5.70. The van der Waals surface area contributed by atoms with Gasteiger partial charge in [-0.1, -0.05) is 12.1 Å². The minimum absolute atomic E-state index is 0.220. The van der Waals surface area contributed by atoms with Crippen molar-refractivity contribution in [3.63, 3.8) is 0 Å². The van der Waals surface area contributed by atoms with Crippen LogP contribution in [0, 0.1) is 20.8 Å². The van der Waals surface area contributed by atoms with Gasteiger partial charge in [-0.25, -0.2) is 0 Å². The maximum absolute atomic E-state index is 13.0. The number of nitrogens with one attached hydrogen (secondary N) is 1. The minimum Gasteiger partial charge on any atom is -0.468 e. The Morgan fingerprint density at radius 3 is 2.52 bits per heavy atom. The number of benzene rings is 1. The average molecular weight is 365 g/mol. The van der Waals surface area contributed by atoms with E-state index in [1.165, 1.54) is 22.0 Å². The molecule has 1 N–H and O–H groups in total. The molecule has 3 heterocycles. The molecule has 5 nitrogen and oxygen atoms in total. The van der Waals surface area contributed by atoms with Crippen LogP contribution in [0.1, 0.15) is 28.1 Å². The molecule has 142 valence electrons. The number of rotatable bonds is 4. The Hall–Kier alpha value is -2.53. The van der Waals surface area contributed by atoms with Crippen LogP contribution in [-0.2, 0) is 17.8 Å². The molecular weight excluding hydrogens is 338 g/mol. The summed E-state index contributed by atoms with van der Waals surface area (Å²) in [6.45, 7) is 10.4. The Bertz CT molecular complexity index is 948. The molecule has 27 heavy (non-hydrogen) atoms. The van der Waals surface area contributed by atoms with Gasteiger partial charge in [0.05, 0.1) is 19.2 Å². The van der Waals surface area contributed by atoms with Crippen LogP contribution in [0.3, 0.4) is 0 Å². The van der Waals surface area contributed by atoms with E-state index in [9.17, 15) is 4.79 Å². The number of amides is 1. The van der Waals surface area contributed by atoms with E-state index in [4.69, 9.17) is 4.42 Å². The number of hydrogen-bond donors (Lipinski definition) is 1. The molecule has 0 aliphatic carbocycles. The number of aromatic nitrogens is 1. The molecule has 0 unspecified atom stereocenters. The summed E-state index contributed by atoms with van der Waals surface area (Å²) < 4.78 is 5.43. The minimum atomic E-state index is 0.220. The molecular formula is C22H27N3O2. The molecule has 0 spiro atoms. The number of piperazine rings is 1. The highest BCUT2D eigenvalue weighted by Gasteiger charge is 2.23.